The standard InChI is InChI=1S/C16H26FN6O6P/c1-10(7-29-30(25,26)22-3-5-28-6-4-22)11(17)13(24)16(27-2)23-9-21-12-14(18)19-8-20-15(12)23/h8-11,13,16,24H,3-7H2,1-2H3,(H,25,26)(H2,18,19,20). The average Bonchev–Trinajstić information content (AvgIpc) is 3.18. The number of methoxy groups -OCH3 is 1. The number of aliphatic hydroxyl groups is 1. The third-order valence-corrected chi connectivity index (χ3v) is 6.52. The molecule has 14 heteroatoms. The van der Waals surface area contributed by atoms with Crippen LogP contribution in [0, 0.1) is 5.92 Å². The number of halogens is 1. The summed E-state index contributed by atoms with van der Waals surface area (Å²) >= 11 is 0. The van der Waals surface area contributed by atoms with E-state index in [4.69, 9.17) is 19.7 Å². The maximum absolute atomic E-state index is 15.0. The number of imidazole rings is 1. The van der Waals surface area contributed by atoms with E-state index >= 15 is 4.39 Å². The maximum atomic E-state index is 15.0. The molecule has 1 aliphatic rings. The molecule has 1 aliphatic heterocycles. The Hall–Kier alpha value is -1.73. The minimum atomic E-state index is -4.08. The molecule has 5 unspecified atom stereocenters. The van der Waals surface area contributed by atoms with E-state index in [9.17, 15) is 14.6 Å². The van der Waals surface area contributed by atoms with Gasteiger partial charge in [0.1, 0.15) is 24.1 Å². The van der Waals surface area contributed by atoms with E-state index in [1.807, 2.05) is 0 Å². The van der Waals surface area contributed by atoms with Crippen LogP contribution in [-0.4, -0.2) is 86.5 Å². The number of hydrogen-bond donors (Lipinski definition) is 3. The largest absolute Gasteiger partial charge is 0.405 e. The molecule has 30 heavy (non-hydrogen) atoms. The summed E-state index contributed by atoms with van der Waals surface area (Å²) in [5, 5.41) is 10.6. The van der Waals surface area contributed by atoms with Gasteiger partial charge in [0.15, 0.2) is 17.7 Å². The Morgan fingerprint density at radius 1 is 1.37 bits per heavy atom. The van der Waals surface area contributed by atoms with E-state index < -0.39 is 32.2 Å². The molecule has 1 fully saturated rings. The van der Waals surface area contributed by atoms with Crippen LogP contribution in [0.3, 0.4) is 0 Å². The lowest BCUT2D eigenvalue weighted by molar-refractivity contribution is -0.101. The van der Waals surface area contributed by atoms with Crippen LogP contribution in [-0.2, 0) is 18.6 Å². The van der Waals surface area contributed by atoms with Crippen LogP contribution in [0.2, 0.25) is 0 Å². The molecule has 12 nitrogen and oxygen atoms in total. The van der Waals surface area contributed by atoms with Gasteiger partial charge >= 0.3 is 7.75 Å². The van der Waals surface area contributed by atoms with Gasteiger partial charge in [0, 0.05) is 26.1 Å². The van der Waals surface area contributed by atoms with Gasteiger partial charge < -0.3 is 25.2 Å². The van der Waals surface area contributed by atoms with Crippen molar-refractivity contribution in [3.8, 4) is 0 Å². The smallest absolute Gasteiger partial charge is 0.385 e. The first-order valence-corrected chi connectivity index (χ1v) is 10.9. The summed E-state index contributed by atoms with van der Waals surface area (Å²) in [6, 6.07) is 0. The van der Waals surface area contributed by atoms with Crippen molar-refractivity contribution in [3.05, 3.63) is 12.7 Å². The fourth-order valence-electron chi connectivity index (χ4n) is 3.16. The maximum Gasteiger partial charge on any atom is 0.405 e. The van der Waals surface area contributed by atoms with Crippen LogP contribution >= 0.6 is 7.75 Å². The fraction of sp³-hybridized carbons (Fsp3) is 0.688. The molecule has 2 aromatic rings. The number of morpholine rings is 1. The Labute approximate surface area is 172 Å². The van der Waals surface area contributed by atoms with Gasteiger partial charge in [-0.1, -0.05) is 6.92 Å². The number of rotatable bonds is 9. The van der Waals surface area contributed by atoms with Crippen molar-refractivity contribution in [1.29, 1.82) is 0 Å². The summed E-state index contributed by atoms with van der Waals surface area (Å²) in [5.41, 5.74) is 6.33. The predicted molar refractivity (Wildman–Crippen MR) is 104 cm³/mol. The third-order valence-electron chi connectivity index (χ3n) is 4.92. The monoisotopic (exact) mass is 448 g/mol. The summed E-state index contributed by atoms with van der Waals surface area (Å²) in [7, 11) is -2.78. The van der Waals surface area contributed by atoms with E-state index in [0.717, 1.165) is 0 Å². The molecule has 3 heterocycles. The number of nitrogens with two attached hydrogens (primary N) is 1. The van der Waals surface area contributed by atoms with Crippen LogP contribution in [0.4, 0.5) is 10.2 Å². The first-order valence-electron chi connectivity index (χ1n) is 9.34. The second kappa shape index (κ2) is 9.60. The van der Waals surface area contributed by atoms with Crippen molar-refractivity contribution in [2.75, 3.05) is 45.8 Å². The molecule has 0 spiro atoms. The predicted octanol–water partition coefficient (Wildman–Crippen LogP) is 0.338. The van der Waals surface area contributed by atoms with Crippen molar-refractivity contribution in [1.82, 2.24) is 24.2 Å². The Morgan fingerprint density at radius 3 is 2.73 bits per heavy atom. The number of aliphatic hydroxyl groups excluding tert-OH is 1. The summed E-state index contributed by atoms with van der Waals surface area (Å²) in [5.74, 6) is -0.767. The second-order valence-corrected chi connectivity index (χ2v) is 8.78. The van der Waals surface area contributed by atoms with Gasteiger partial charge in [-0.05, 0) is 0 Å². The molecule has 0 aliphatic carbocycles. The molecule has 2 aromatic heterocycles. The lowest BCUT2D eigenvalue weighted by Gasteiger charge is -2.31. The number of alkyl halides is 1. The summed E-state index contributed by atoms with van der Waals surface area (Å²) < 4.78 is 45.6. The van der Waals surface area contributed by atoms with Gasteiger partial charge in [-0.3, -0.25) is 9.09 Å². The molecular weight excluding hydrogens is 422 g/mol. The molecule has 3 rings (SSSR count). The second-order valence-electron chi connectivity index (χ2n) is 6.97. The van der Waals surface area contributed by atoms with Crippen LogP contribution in [0.25, 0.3) is 11.2 Å². The lowest BCUT2D eigenvalue weighted by atomic mass is 10.0. The van der Waals surface area contributed by atoms with Gasteiger partial charge in [0.25, 0.3) is 0 Å². The van der Waals surface area contributed by atoms with Crippen LogP contribution in [0.5, 0.6) is 0 Å². The molecule has 0 saturated carbocycles. The number of anilines is 1. The number of nitrogen functional groups attached to an aromatic ring is 1. The molecule has 0 bridgehead atoms. The first-order chi connectivity index (χ1) is 14.3. The summed E-state index contributed by atoms with van der Waals surface area (Å²) in [6.45, 7) is 2.21. The zero-order valence-electron chi connectivity index (χ0n) is 16.7. The van der Waals surface area contributed by atoms with Gasteiger partial charge in [-0.2, -0.15) is 0 Å². The number of nitrogens with zero attached hydrogens (tertiary/aromatic N) is 5. The van der Waals surface area contributed by atoms with E-state index in [0.29, 0.717) is 18.7 Å². The highest BCUT2D eigenvalue weighted by atomic mass is 31.2. The van der Waals surface area contributed by atoms with Crippen molar-refractivity contribution in [2.45, 2.75) is 25.4 Å². The Morgan fingerprint density at radius 2 is 2.07 bits per heavy atom. The zero-order valence-corrected chi connectivity index (χ0v) is 17.6. The first kappa shape index (κ1) is 22.9. The van der Waals surface area contributed by atoms with Crippen LogP contribution in [0.15, 0.2) is 12.7 Å². The normalized spacial score (nSPS) is 21.8. The summed E-state index contributed by atoms with van der Waals surface area (Å²) in [4.78, 5) is 22.1. The number of ether oxygens (including phenoxy) is 2. The molecule has 168 valence electrons. The van der Waals surface area contributed by atoms with Gasteiger partial charge in [-0.15, -0.1) is 0 Å². The Balaban J connectivity index is 1.67. The Kier molecular flexibility index (Phi) is 7.34. The topological polar surface area (TPSA) is 158 Å². The minimum absolute atomic E-state index is 0.142. The zero-order chi connectivity index (χ0) is 21.9. The minimum Gasteiger partial charge on any atom is -0.385 e. The highest BCUT2D eigenvalue weighted by Gasteiger charge is 2.37. The Bertz CT molecular complexity index is 896. The fourth-order valence-corrected chi connectivity index (χ4v) is 4.42. The molecule has 5 atom stereocenters. The van der Waals surface area contributed by atoms with E-state index in [1.54, 1.807) is 0 Å². The van der Waals surface area contributed by atoms with Crippen molar-refractivity contribution >= 4 is 24.7 Å². The van der Waals surface area contributed by atoms with Gasteiger partial charge in [0.05, 0.1) is 26.1 Å². The van der Waals surface area contributed by atoms with E-state index in [1.165, 1.54) is 35.9 Å². The highest BCUT2D eigenvalue weighted by Crippen LogP contribution is 2.47. The van der Waals surface area contributed by atoms with Crippen molar-refractivity contribution in [3.63, 3.8) is 0 Å². The van der Waals surface area contributed by atoms with Crippen LogP contribution in [0.1, 0.15) is 13.2 Å². The molecule has 1 saturated heterocycles. The lowest BCUT2D eigenvalue weighted by Crippen LogP contribution is -2.39. The molecule has 0 aromatic carbocycles. The number of fused-ring (bicyclic) bond motifs is 1. The highest BCUT2D eigenvalue weighted by molar-refractivity contribution is 7.50. The molecule has 4 N–H and O–H groups in total. The van der Waals surface area contributed by atoms with Crippen LogP contribution < -0.4 is 5.73 Å². The van der Waals surface area contributed by atoms with Gasteiger partial charge in [0.2, 0.25) is 0 Å². The number of aromatic nitrogens is 4. The quantitative estimate of drug-likeness (QED) is 0.454. The van der Waals surface area contributed by atoms with Crippen molar-refractivity contribution < 1.29 is 33.0 Å². The molecule has 0 radical (unpaired) electrons. The molecule has 0 amide bonds. The van der Waals surface area contributed by atoms with E-state index in [-0.39, 0.29) is 31.2 Å². The SMILES string of the molecule is COC(C(O)C(F)C(C)COP(=O)(O)N1CCOCC1)n1cnc2c(N)ncnc21. The average molecular weight is 448 g/mol. The third kappa shape index (κ3) is 4.78. The molecular formula is C16H26FN6O6P. The number of hydrogen-bond acceptors (Lipinski definition) is 9. The van der Waals surface area contributed by atoms with Gasteiger partial charge in [-0.25, -0.2) is 28.6 Å². The van der Waals surface area contributed by atoms with E-state index in [2.05, 4.69) is 15.0 Å². The van der Waals surface area contributed by atoms with Crippen molar-refractivity contribution in [2.24, 2.45) is 5.92 Å². The summed E-state index contributed by atoms with van der Waals surface area (Å²) in [6.07, 6.45) is -2.09.